The van der Waals surface area contributed by atoms with Crippen LogP contribution in [0.15, 0.2) is 4.90 Å². The van der Waals surface area contributed by atoms with Gasteiger partial charge in [0.2, 0.25) is 10.0 Å². The minimum Gasteiger partial charge on any atom is -0.311 e. The van der Waals surface area contributed by atoms with Crippen molar-refractivity contribution < 1.29 is 8.42 Å². The van der Waals surface area contributed by atoms with Crippen LogP contribution < -0.4 is 10.0 Å². The van der Waals surface area contributed by atoms with Gasteiger partial charge in [-0.05, 0) is 33.4 Å². The lowest BCUT2D eigenvalue weighted by Crippen LogP contribution is -2.34. The first-order valence-electron chi connectivity index (χ1n) is 7.40. The summed E-state index contributed by atoms with van der Waals surface area (Å²) < 4.78 is 27.6. The summed E-state index contributed by atoms with van der Waals surface area (Å²) in [6.45, 7) is 6.06. The predicted octanol–water partition coefficient (Wildman–Crippen LogP) is 0.200. The van der Waals surface area contributed by atoms with Gasteiger partial charge in [-0.3, -0.25) is 5.10 Å². The molecule has 1 aromatic heterocycles. The second-order valence-electron chi connectivity index (χ2n) is 5.51. The number of likely N-dealkylation sites (N-methyl/N-ethyl adjacent to an activating group) is 1. The SMILES string of the molecule is CCNCc1n[nH]c(C)c1S(=O)(=O)NCCN(C)C1CC1. The van der Waals surface area contributed by atoms with Gasteiger partial charge >= 0.3 is 0 Å². The quantitative estimate of drug-likeness (QED) is 0.606. The molecule has 0 aromatic carbocycles. The molecule has 2 rings (SSSR count). The summed E-state index contributed by atoms with van der Waals surface area (Å²) in [7, 11) is -1.49. The number of aryl methyl sites for hydroxylation is 1. The van der Waals surface area contributed by atoms with Gasteiger partial charge in [0.25, 0.3) is 0 Å². The second kappa shape index (κ2) is 6.87. The van der Waals surface area contributed by atoms with Crippen LogP contribution in [-0.2, 0) is 16.6 Å². The van der Waals surface area contributed by atoms with Gasteiger partial charge in [0.15, 0.2) is 0 Å². The summed E-state index contributed by atoms with van der Waals surface area (Å²) in [4.78, 5) is 2.47. The highest BCUT2D eigenvalue weighted by atomic mass is 32.2. The minimum absolute atomic E-state index is 0.275. The molecule has 8 heteroatoms. The third-order valence-electron chi connectivity index (χ3n) is 3.70. The van der Waals surface area contributed by atoms with E-state index in [0.717, 1.165) is 13.1 Å². The molecule has 0 bridgehead atoms. The summed E-state index contributed by atoms with van der Waals surface area (Å²) in [6.07, 6.45) is 2.44. The maximum atomic E-state index is 12.4. The van der Waals surface area contributed by atoms with E-state index in [9.17, 15) is 8.42 Å². The number of sulfonamides is 1. The molecule has 1 aromatic rings. The van der Waals surface area contributed by atoms with Crippen LogP contribution in [0.4, 0.5) is 0 Å². The van der Waals surface area contributed by atoms with Gasteiger partial charge in [-0.15, -0.1) is 0 Å². The van der Waals surface area contributed by atoms with Crippen LogP contribution in [0, 0.1) is 6.92 Å². The van der Waals surface area contributed by atoms with Crippen molar-refractivity contribution in [3.05, 3.63) is 11.4 Å². The molecule has 0 unspecified atom stereocenters. The van der Waals surface area contributed by atoms with E-state index in [2.05, 4.69) is 25.1 Å². The largest absolute Gasteiger partial charge is 0.311 e. The van der Waals surface area contributed by atoms with Crippen molar-refractivity contribution >= 4 is 10.0 Å². The van der Waals surface area contributed by atoms with Crippen molar-refractivity contribution in [2.75, 3.05) is 26.7 Å². The monoisotopic (exact) mass is 315 g/mol. The zero-order valence-electron chi connectivity index (χ0n) is 12.9. The molecule has 0 atom stereocenters. The summed E-state index contributed by atoms with van der Waals surface area (Å²) in [5.74, 6) is 0. The van der Waals surface area contributed by atoms with Crippen LogP contribution in [0.25, 0.3) is 0 Å². The van der Waals surface area contributed by atoms with E-state index in [4.69, 9.17) is 0 Å². The Hall–Kier alpha value is -0.960. The van der Waals surface area contributed by atoms with Crippen molar-refractivity contribution in [3.63, 3.8) is 0 Å². The van der Waals surface area contributed by atoms with Crippen molar-refractivity contribution in [3.8, 4) is 0 Å². The van der Waals surface area contributed by atoms with Crippen LogP contribution in [0.1, 0.15) is 31.2 Å². The molecule has 0 spiro atoms. The van der Waals surface area contributed by atoms with E-state index in [0.29, 0.717) is 30.5 Å². The number of nitrogens with zero attached hydrogens (tertiary/aromatic N) is 2. The first-order chi connectivity index (χ1) is 9.95. The Bertz CT molecular complexity index is 565. The maximum absolute atomic E-state index is 12.4. The van der Waals surface area contributed by atoms with Crippen LogP contribution >= 0.6 is 0 Å². The number of nitrogens with one attached hydrogen (secondary N) is 3. The standard InChI is InChI=1S/C13H25N5O2S/c1-4-14-9-12-13(10(2)16-17-12)21(19,20)15-7-8-18(3)11-5-6-11/h11,14-15H,4-9H2,1-3H3,(H,16,17). The van der Waals surface area contributed by atoms with Gasteiger partial charge in [0.05, 0.1) is 11.4 Å². The minimum atomic E-state index is -3.52. The van der Waals surface area contributed by atoms with Gasteiger partial charge in [-0.25, -0.2) is 13.1 Å². The number of hydrogen-bond donors (Lipinski definition) is 3. The van der Waals surface area contributed by atoms with Crippen molar-refractivity contribution in [2.24, 2.45) is 0 Å². The molecule has 1 fully saturated rings. The van der Waals surface area contributed by atoms with Crippen LogP contribution in [0.2, 0.25) is 0 Å². The van der Waals surface area contributed by atoms with E-state index < -0.39 is 10.0 Å². The number of aromatic nitrogens is 2. The van der Waals surface area contributed by atoms with Crippen molar-refractivity contribution in [1.82, 2.24) is 25.1 Å². The number of aromatic amines is 1. The van der Waals surface area contributed by atoms with E-state index in [1.54, 1.807) is 6.92 Å². The molecule has 1 aliphatic carbocycles. The fourth-order valence-corrected chi connectivity index (χ4v) is 3.70. The highest BCUT2D eigenvalue weighted by molar-refractivity contribution is 7.89. The van der Waals surface area contributed by atoms with E-state index >= 15 is 0 Å². The Morgan fingerprint density at radius 1 is 1.43 bits per heavy atom. The first kappa shape index (κ1) is 16.4. The summed E-state index contributed by atoms with van der Waals surface area (Å²) in [6, 6.07) is 0.634. The summed E-state index contributed by atoms with van der Waals surface area (Å²) in [5, 5.41) is 9.95. The Kier molecular flexibility index (Phi) is 5.37. The smallest absolute Gasteiger partial charge is 0.244 e. The molecule has 3 N–H and O–H groups in total. The van der Waals surface area contributed by atoms with Gasteiger partial charge in [-0.2, -0.15) is 5.10 Å². The Labute approximate surface area is 126 Å². The lowest BCUT2D eigenvalue weighted by atomic mass is 10.3. The Morgan fingerprint density at radius 3 is 2.76 bits per heavy atom. The average molecular weight is 315 g/mol. The maximum Gasteiger partial charge on any atom is 0.244 e. The van der Waals surface area contributed by atoms with Crippen LogP contribution in [0.3, 0.4) is 0 Å². The molecule has 0 saturated heterocycles. The second-order valence-corrected chi connectivity index (χ2v) is 7.22. The zero-order valence-corrected chi connectivity index (χ0v) is 13.8. The third-order valence-corrected chi connectivity index (χ3v) is 5.36. The molecular weight excluding hydrogens is 290 g/mol. The highest BCUT2D eigenvalue weighted by Gasteiger charge is 2.27. The first-order valence-corrected chi connectivity index (χ1v) is 8.88. The molecule has 1 aliphatic rings. The Morgan fingerprint density at radius 2 is 2.14 bits per heavy atom. The van der Waals surface area contributed by atoms with Gasteiger partial charge in [0.1, 0.15) is 4.90 Å². The van der Waals surface area contributed by atoms with Crippen LogP contribution in [0.5, 0.6) is 0 Å². The molecule has 120 valence electrons. The van der Waals surface area contributed by atoms with Gasteiger partial charge < -0.3 is 10.2 Å². The molecule has 21 heavy (non-hydrogen) atoms. The fraction of sp³-hybridized carbons (Fsp3) is 0.769. The lowest BCUT2D eigenvalue weighted by Gasteiger charge is -2.16. The van der Waals surface area contributed by atoms with E-state index in [1.165, 1.54) is 12.8 Å². The van der Waals surface area contributed by atoms with E-state index in [-0.39, 0.29) is 4.90 Å². The number of H-pyrrole nitrogens is 1. The van der Waals surface area contributed by atoms with Gasteiger partial charge in [-0.1, -0.05) is 6.92 Å². The molecule has 0 amide bonds. The summed E-state index contributed by atoms with van der Waals surface area (Å²) >= 11 is 0. The third kappa shape index (κ3) is 4.26. The number of rotatable bonds is 9. The summed E-state index contributed by atoms with van der Waals surface area (Å²) in [5.41, 5.74) is 1.11. The molecule has 7 nitrogen and oxygen atoms in total. The lowest BCUT2D eigenvalue weighted by molar-refractivity contribution is 0.329. The molecular formula is C13H25N5O2S. The average Bonchev–Trinajstić information content (AvgIpc) is 3.20. The normalized spacial score (nSPS) is 15.8. The molecule has 0 aliphatic heterocycles. The van der Waals surface area contributed by atoms with Crippen LogP contribution in [-0.4, -0.2) is 56.2 Å². The molecule has 1 saturated carbocycles. The Balaban J connectivity index is 1.99. The topological polar surface area (TPSA) is 90.1 Å². The van der Waals surface area contributed by atoms with Gasteiger partial charge in [0, 0.05) is 25.7 Å². The zero-order chi connectivity index (χ0) is 15.5. The highest BCUT2D eigenvalue weighted by Crippen LogP contribution is 2.24. The molecule has 0 radical (unpaired) electrons. The van der Waals surface area contributed by atoms with Crippen molar-refractivity contribution in [1.29, 1.82) is 0 Å². The number of hydrogen-bond acceptors (Lipinski definition) is 5. The fourth-order valence-electron chi connectivity index (χ4n) is 2.32. The van der Waals surface area contributed by atoms with E-state index in [1.807, 2.05) is 14.0 Å². The van der Waals surface area contributed by atoms with Crippen molar-refractivity contribution in [2.45, 2.75) is 44.2 Å². The molecule has 1 heterocycles. The predicted molar refractivity (Wildman–Crippen MR) is 81.5 cm³/mol.